The van der Waals surface area contributed by atoms with Gasteiger partial charge in [-0.05, 0) is 46.1 Å². The fourth-order valence-corrected chi connectivity index (χ4v) is 2.61. The zero-order valence-electron chi connectivity index (χ0n) is 11.1. The molecule has 0 aromatic carbocycles. The van der Waals surface area contributed by atoms with Gasteiger partial charge in [0.2, 0.25) is 0 Å². The highest BCUT2D eigenvalue weighted by Crippen LogP contribution is 2.24. The van der Waals surface area contributed by atoms with Gasteiger partial charge in [0.05, 0.1) is 5.69 Å². The highest BCUT2D eigenvalue weighted by molar-refractivity contribution is 5.20. The summed E-state index contributed by atoms with van der Waals surface area (Å²) in [6, 6.07) is 0.631. The summed E-state index contributed by atoms with van der Waals surface area (Å²) in [5.74, 6) is 1.59. The van der Waals surface area contributed by atoms with E-state index in [0.717, 1.165) is 31.1 Å². The van der Waals surface area contributed by atoms with Gasteiger partial charge in [-0.3, -0.25) is 4.90 Å². The van der Waals surface area contributed by atoms with E-state index in [4.69, 9.17) is 10.3 Å². The SMILES string of the molecule is Cc1noc(C)c1CN1CC(CN)CCC1C. The van der Waals surface area contributed by atoms with E-state index in [1.807, 2.05) is 13.8 Å². The Balaban J connectivity index is 2.06. The minimum atomic E-state index is 0.631. The lowest BCUT2D eigenvalue weighted by atomic mass is 9.93. The Kier molecular flexibility index (Phi) is 3.84. The highest BCUT2D eigenvalue weighted by atomic mass is 16.5. The van der Waals surface area contributed by atoms with Crippen LogP contribution in [0.1, 0.15) is 36.8 Å². The molecule has 0 bridgehead atoms. The second-order valence-corrected chi connectivity index (χ2v) is 5.26. The van der Waals surface area contributed by atoms with Gasteiger partial charge in [-0.15, -0.1) is 0 Å². The molecule has 4 heteroatoms. The lowest BCUT2D eigenvalue weighted by Gasteiger charge is -2.37. The third-order valence-corrected chi connectivity index (χ3v) is 3.98. The third kappa shape index (κ3) is 2.69. The average molecular weight is 237 g/mol. The van der Waals surface area contributed by atoms with Crippen LogP contribution >= 0.6 is 0 Å². The molecule has 4 nitrogen and oxygen atoms in total. The Bertz CT molecular complexity index is 355. The molecule has 96 valence electrons. The molecule has 0 aliphatic carbocycles. The van der Waals surface area contributed by atoms with Crippen LogP contribution in [0.25, 0.3) is 0 Å². The van der Waals surface area contributed by atoms with Crippen LogP contribution in [-0.2, 0) is 6.54 Å². The van der Waals surface area contributed by atoms with E-state index in [0.29, 0.717) is 12.0 Å². The number of likely N-dealkylation sites (tertiary alicyclic amines) is 1. The topological polar surface area (TPSA) is 55.3 Å². The first kappa shape index (κ1) is 12.6. The van der Waals surface area contributed by atoms with Crippen LogP contribution in [-0.4, -0.2) is 29.2 Å². The van der Waals surface area contributed by atoms with Gasteiger partial charge >= 0.3 is 0 Å². The number of rotatable bonds is 3. The summed E-state index contributed by atoms with van der Waals surface area (Å²) >= 11 is 0. The molecule has 1 aromatic rings. The number of nitrogens with two attached hydrogens (primary N) is 1. The maximum atomic E-state index is 5.79. The molecule has 2 rings (SSSR count). The van der Waals surface area contributed by atoms with Crippen molar-refractivity contribution in [1.82, 2.24) is 10.1 Å². The van der Waals surface area contributed by atoms with Gasteiger partial charge in [-0.25, -0.2) is 0 Å². The Morgan fingerprint density at radius 1 is 1.41 bits per heavy atom. The summed E-state index contributed by atoms with van der Waals surface area (Å²) in [5.41, 5.74) is 8.05. The van der Waals surface area contributed by atoms with Gasteiger partial charge in [-0.2, -0.15) is 0 Å². The Morgan fingerprint density at radius 2 is 2.18 bits per heavy atom. The van der Waals surface area contributed by atoms with Gasteiger partial charge < -0.3 is 10.3 Å². The monoisotopic (exact) mass is 237 g/mol. The lowest BCUT2D eigenvalue weighted by molar-refractivity contribution is 0.112. The van der Waals surface area contributed by atoms with Crippen molar-refractivity contribution in [1.29, 1.82) is 0 Å². The smallest absolute Gasteiger partial charge is 0.138 e. The van der Waals surface area contributed by atoms with Crippen LogP contribution in [0, 0.1) is 19.8 Å². The van der Waals surface area contributed by atoms with Gasteiger partial charge in [0, 0.05) is 24.7 Å². The normalized spacial score (nSPS) is 26.4. The zero-order valence-corrected chi connectivity index (χ0v) is 11.1. The molecule has 17 heavy (non-hydrogen) atoms. The van der Waals surface area contributed by atoms with E-state index >= 15 is 0 Å². The van der Waals surface area contributed by atoms with Crippen molar-refractivity contribution in [3.05, 3.63) is 17.0 Å². The summed E-state index contributed by atoms with van der Waals surface area (Å²) in [5, 5.41) is 4.02. The van der Waals surface area contributed by atoms with Crippen molar-refractivity contribution in [2.24, 2.45) is 11.7 Å². The van der Waals surface area contributed by atoms with Crippen molar-refractivity contribution in [3.63, 3.8) is 0 Å². The molecule has 1 fully saturated rings. The molecule has 0 spiro atoms. The number of hydrogen-bond acceptors (Lipinski definition) is 4. The molecular formula is C13H23N3O. The van der Waals surface area contributed by atoms with E-state index in [9.17, 15) is 0 Å². The number of aryl methyl sites for hydroxylation is 2. The molecule has 2 heterocycles. The first-order valence-corrected chi connectivity index (χ1v) is 6.47. The highest BCUT2D eigenvalue weighted by Gasteiger charge is 2.26. The largest absolute Gasteiger partial charge is 0.361 e. The molecule has 0 radical (unpaired) electrons. The standard InChI is InChI=1S/C13H23N3O/c1-9-4-5-12(6-14)7-16(9)8-13-10(2)15-17-11(13)3/h9,12H,4-8,14H2,1-3H3. The van der Waals surface area contributed by atoms with Gasteiger partial charge in [-0.1, -0.05) is 5.16 Å². The van der Waals surface area contributed by atoms with Crippen molar-refractivity contribution < 1.29 is 4.52 Å². The predicted octanol–water partition coefficient (Wildman–Crippen LogP) is 1.85. The predicted molar refractivity (Wildman–Crippen MR) is 67.6 cm³/mol. The summed E-state index contributed by atoms with van der Waals surface area (Å²) in [6.45, 7) is 9.14. The van der Waals surface area contributed by atoms with E-state index < -0.39 is 0 Å². The Labute approximate surface area is 103 Å². The summed E-state index contributed by atoms with van der Waals surface area (Å²) in [6.07, 6.45) is 2.50. The van der Waals surface area contributed by atoms with Crippen molar-refractivity contribution in [2.75, 3.05) is 13.1 Å². The molecule has 0 saturated carbocycles. The van der Waals surface area contributed by atoms with Gasteiger partial charge in [0.15, 0.2) is 0 Å². The minimum absolute atomic E-state index is 0.631. The van der Waals surface area contributed by atoms with Crippen molar-refractivity contribution >= 4 is 0 Å². The maximum Gasteiger partial charge on any atom is 0.138 e. The first-order chi connectivity index (χ1) is 8.11. The van der Waals surface area contributed by atoms with Crippen LogP contribution in [0.5, 0.6) is 0 Å². The van der Waals surface area contributed by atoms with Crippen LogP contribution in [0.3, 0.4) is 0 Å². The lowest BCUT2D eigenvalue weighted by Crippen LogP contribution is -2.43. The molecule has 2 unspecified atom stereocenters. The molecule has 1 aromatic heterocycles. The molecule has 0 amide bonds. The van der Waals surface area contributed by atoms with E-state index in [1.54, 1.807) is 0 Å². The van der Waals surface area contributed by atoms with Crippen LogP contribution in [0.4, 0.5) is 0 Å². The fraction of sp³-hybridized carbons (Fsp3) is 0.769. The maximum absolute atomic E-state index is 5.79. The molecule has 1 aliphatic rings. The van der Waals surface area contributed by atoms with E-state index in [1.165, 1.54) is 18.4 Å². The summed E-state index contributed by atoms with van der Waals surface area (Å²) in [4.78, 5) is 2.51. The van der Waals surface area contributed by atoms with Crippen LogP contribution in [0.2, 0.25) is 0 Å². The number of piperidine rings is 1. The van der Waals surface area contributed by atoms with Crippen LogP contribution < -0.4 is 5.73 Å². The summed E-state index contributed by atoms with van der Waals surface area (Å²) in [7, 11) is 0. The zero-order chi connectivity index (χ0) is 12.4. The second-order valence-electron chi connectivity index (χ2n) is 5.26. The second kappa shape index (κ2) is 5.19. The van der Waals surface area contributed by atoms with Crippen molar-refractivity contribution in [2.45, 2.75) is 46.2 Å². The average Bonchev–Trinajstić information content (AvgIpc) is 2.63. The molecule has 2 N–H and O–H groups in total. The molecule has 2 atom stereocenters. The fourth-order valence-electron chi connectivity index (χ4n) is 2.61. The third-order valence-electron chi connectivity index (χ3n) is 3.98. The number of aromatic nitrogens is 1. The van der Waals surface area contributed by atoms with Gasteiger partial charge in [0.1, 0.15) is 5.76 Å². The molecule has 1 aliphatic heterocycles. The quantitative estimate of drug-likeness (QED) is 0.871. The van der Waals surface area contributed by atoms with E-state index in [-0.39, 0.29) is 0 Å². The van der Waals surface area contributed by atoms with Gasteiger partial charge in [0.25, 0.3) is 0 Å². The first-order valence-electron chi connectivity index (χ1n) is 6.47. The minimum Gasteiger partial charge on any atom is -0.361 e. The Hall–Kier alpha value is -0.870. The molecule has 1 saturated heterocycles. The number of nitrogens with zero attached hydrogens (tertiary/aromatic N) is 2. The van der Waals surface area contributed by atoms with Crippen molar-refractivity contribution in [3.8, 4) is 0 Å². The Morgan fingerprint density at radius 3 is 2.76 bits per heavy atom. The number of hydrogen-bond donors (Lipinski definition) is 1. The van der Waals surface area contributed by atoms with Crippen LogP contribution in [0.15, 0.2) is 4.52 Å². The van der Waals surface area contributed by atoms with E-state index in [2.05, 4.69) is 17.0 Å². The summed E-state index contributed by atoms with van der Waals surface area (Å²) < 4.78 is 5.22. The molecular weight excluding hydrogens is 214 g/mol.